The van der Waals surface area contributed by atoms with E-state index in [0.29, 0.717) is 79.6 Å². The summed E-state index contributed by atoms with van der Waals surface area (Å²) in [4.78, 5) is 53.4. The van der Waals surface area contributed by atoms with Gasteiger partial charge in [0.1, 0.15) is 35.0 Å². The number of hydrogen-bond acceptors (Lipinski definition) is 10. The van der Waals surface area contributed by atoms with Gasteiger partial charge in [0.2, 0.25) is 0 Å². The van der Waals surface area contributed by atoms with Gasteiger partial charge in [0.15, 0.2) is 6.29 Å². The molecule has 0 radical (unpaired) electrons. The van der Waals surface area contributed by atoms with Crippen LogP contribution in [0.25, 0.3) is 0 Å². The highest BCUT2D eigenvalue weighted by atomic mass is 16.5. The van der Waals surface area contributed by atoms with Crippen LogP contribution in [0.5, 0.6) is 0 Å². The van der Waals surface area contributed by atoms with E-state index in [2.05, 4.69) is 26.3 Å². The summed E-state index contributed by atoms with van der Waals surface area (Å²) in [5.41, 5.74) is 3.49. The molecule has 3 aliphatic rings. The predicted octanol–water partition coefficient (Wildman–Crippen LogP) is 1.83. The predicted molar refractivity (Wildman–Crippen MR) is 148 cm³/mol. The highest BCUT2D eigenvalue weighted by Gasteiger charge is 2.29. The second-order valence-electron chi connectivity index (χ2n) is 10.3. The highest BCUT2D eigenvalue weighted by molar-refractivity contribution is 6.02. The third-order valence-electron chi connectivity index (χ3n) is 7.72. The molecule has 0 spiro atoms. The molecular formula is C28H32N8O4. The fraction of sp³-hybridized carbons (Fsp3) is 0.464. The van der Waals surface area contributed by atoms with Crippen molar-refractivity contribution >= 4 is 35.6 Å². The molecule has 12 heteroatoms. The van der Waals surface area contributed by atoms with Crippen molar-refractivity contribution in [1.29, 1.82) is 5.26 Å². The first kappa shape index (κ1) is 27.3. The molecule has 0 aromatic carbocycles. The van der Waals surface area contributed by atoms with E-state index in [4.69, 9.17) is 4.74 Å². The molecule has 1 N–H and O–H groups in total. The Balaban J connectivity index is 1.36. The van der Waals surface area contributed by atoms with Crippen LogP contribution >= 0.6 is 0 Å². The molecule has 208 valence electrons. The van der Waals surface area contributed by atoms with Crippen LogP contribution in [0.2, 0.25) is 0 Å². The lowest BCUT2D eigenvalue weighted by Gasteiger charge is -2.35. The number of methoxy groups -OCH3 is 1. The van der Waals surface area contributed by atoms with E-state index in [1.54, 1.807) is 13.2 Å². The van der Waals surface area contributed by atoms with Gasteiger partial charge >= 0.3 is 6.03 Å². The van der Waals surface area contributed by atoms with E-state index in [1.165, 1.54) is 11.1 Å². The van der Waals surface area contributed by atoms with E-state index in [-0.39, 0.29) is 11.8 Å². The lowest BCUT2D eigenvalue weighted by atomic mass is 10.0. The average molecular weight is 545 g/mol. The van der Waals surface area contributed by atoms with Gasteiger partial charge < -0.3 is 14.5 Å². The minimum absolute atomic E-state index is 0.0860. The lowest BCUT2D eigenvalue weighted by Crippen LogP contribution is -2.43. The molecule has 5 rings (SSSR count). The summed E-state index contributed by atoms with van der Waals surface area (Å²) in [5, 5.41) is 12.4. The number of rotatable bonds is 6. The summed E-state index contributed by atoms with van der Waals surface area (Å²) in [6, 6.07) is 5.39. The van der Waals surface area contributed by atoms with E-state index in [1.807, 2.05) is 28.9 Å². The molecule has 0 saturated carbocycles. The van der Waals surface area contributed by atoms with Crippen molar-refractivity contribution in [2.24, 2.45) is 0 Å². The topological polar surface area (TPSA) is 135 Å². The van der Waals surface area contributed by atoms with Crippen LogP contribution in [-0.2, 0) is 22.5 Å². The summed E-state index contributed by atoms with van der Waals surface area (Å²) in [5.74, 6) is 2.79. The molecule has 5 heterocycles. The van der Waals surface area contributed by atoms with Gasteiger partial charge in [-0.2, -0.15) is 5.26 Å². The van der Waals surface area contributed by atoms with Gasteiger partial charge in [-0.3, -0.25) is 19.9 Å². The number of nitrogens with one attached hydrogen (secondary N) is 1. The van der Waals surface area contributed by atoms with Crippen molar-refractivity contribution in [2.75, 3.05) is 68.5 Å². The van der Waals surface area contributed by atoms with Crippen LogP contribution in [0, 0.1) is 11.3 Å². The Morgan fingerprint density at radius 3 is 2.85 bits per heavy atom. The van der Waals surface area contributed by atoms with Crippen LogP contribution in [-0.4, -0.2) is 97.6 Å². The third-order valence-corrected chi connectivity index (χ3v) is 7.72. The Labute approximate surface area is 232 Å². The lowest BCUT2D eigenvalue weighted by molar-refractivity contribution is 0.111. The fourth-order valence-electron chi connectivity index (χ4n) is 5.50. The van der Waals surface area contributed by atoms with Crippen molar-refractivity contribution in [1.82, 2.24) is 19.8 Å². The second-order valence-corrected chi connectivity index (χ2v) is 10.3. The molecule has 2 fully saturated rings. The molecule has 0 aliphatic carbocycles. The number of carbonyl (C=O) groups excluding carboxylic acids is 3. The van der Waals surface area contributed by atoms with Crippen molar-refractivity contribution in [3.63, 3.8) is 0 Å². The maximum absolute atomic E-state index is 13.4. The number of piperazine rings is 1. The van der Waals surface area contributed by atoms with Crippen molar-refractivity contribution in [2.45, 2.75) is 31.9 Å². The number of urea groups is 1. The number of nitriles is 1. The van der Waals surface area contributed by atoms with Crippen LogP contribution in [0.3, 0.4) is 0 Å². The molecule has 2 aromatic heterocycles. The average Bonchev–Trinajstić information content (AvgIpc) is 3.46. The van der Waals surface area contributed by atoms with Crippen molar-refractivity contribution in [3.8, 4) is 6.07 Å². The molecule has 2 saturated heterocycles. The monoisotopic (exact) mass is 544 g/mol. The zero-order chi connectivity index (χ0) is 28.2. The van der Waals surface area contributed by atoms with Gasteiger partial charge in [-0.25, -0.2) is 19.6 Å². The molecule has 12 nitrogen and oxygen atoms in total. The molecular weight excluding hydrogens is 512 g/mol. The summed E-state index contributed by atoms with van der Waals surface area (Å²) in [6.45, 7) is 4.14. The number of amides is 2. The van der Waals surface area contributed by atoms with Gasteiger partial charge in [0, 0.05) is 70.7 Å². The largest absolute Gasteiger partial charge is 0.380 e. The Hall–Kier alpha value is -4.30. The summed E-state index contributed by atoms with van der Waals surface area (Å²) in [6.07, 6.45) is 4.54. The van der Waals surface area contributed by atoms with Crippen LogP contribution in [0.15, 0.2) is 24.0 Å². The fourth-order valence-corrected chi connectivity index (χ4v) is 5.50. The van der Waals surface area contributed by atoms with Gasteiger partial charge in [-0.05, 0) is 37.9 Å². The van der Waals surface area contributed by atoms with Crippen molar-refractivity contribution in [3.05, 3.63) is 46.4 Å². The molecule has 2 amide bonds. The number of likely N-dealkylation sites (N-methyl/N-ethyl adjacent to an activating group) is 1. The summed E-state index contributed by atoms with van der Waals surface area (Å²) >= 11 is 0. The van der Waals surface area contributed by atoms with Crippen LogP contribution in [0.1, 0.15) is 40.0 Å². The number of aromatic nitrogens is 2. The van der Waals surface area contributed by atoms with E-state index >= 15 is 0 Å². The van der Waals surface area contributed by atoms with Crippen LogP contribution in [0.4, 0.5) is 22.1 Å². The number of ether oxygens (including phenoxy) is 1. The van der Waals surface area contributed by atoms with Gasteiger partial charge in [0.25, 0.3) is 0 Å². The van der Waals surface area contributed by atoms with E-state index in [9.17, 15) is 19.6 Å². The Kier molecular flexibility index (Phi) is 8.07. The summed E-state index contributed by atoms with van der Waals surface area (Å²) in [7, 11) is 3.62. The molecule has 40 heavy (non-hydrogen) atoms. The number of pyridine rings is 2. The van der Waals surface area contributed by atoms with E-state index in [0.717, 1.165) is 31.5 Å². The minimum Gasteiger partial charge on any atom is -0.380 e. The molecule has 0 unspecified atom stereocenters. The number of fused-ring (bicyclic) bond motifs is 1. The normalized spacial score (nSPS) is 19.2. The SMILES string of the molecule is CO[C@H]1CCN(c2cc(NC(=O)N3CCCc4cc(CN5CCN(C)CC5=C=O)c(C=O)nc43)ncc2C#N)C1. The molecule has 0 bridgehead atoms. The van der Waals surface area contributed by atoms with Gasteiger partial charge in [0.05, 0.1) is 17.4 Å². The number of aldehydes is 1. The molecule has 1 atom stereocenters. The van der Waals surface area contributed by atoms with E-state index < -0.39 is 6.03 Å². The highest BCUT2D eigenvalue weighted by Crippen LogP contribution is 2.30. The minimum atomic E-state index is -0.414. The maximum atomic E-state index is 13.4. The molecule has 2 aromatic rings. The number of anilines is 3. The first-order chi connectivity index (χ1) is 19.4. The third kappa shape index (κ3) is 5.53. The summed E-state index contributed by atoms with van der Waals surface area (Å²) < 4.78 is 5.46. The number of hydrogen-bond donors (Lipinski definition) is 1. The molecule has 3 aliphatic heterocycles. The number of carbonyl (C=O) groups is 2. The zero-order valence-corrected chi connectivity index (χ0v) is 22.7. The van der Waals surface area contributed by atoms with Crippen LogP contribution < -0.4 is 15.1 Å². The standard InChI is InChI=1S/C28H32N8O4/c1-33-8-9-34(22(15-33)17-37)14-20-10-19-4-3-6-36(27(19)31-24(20)18-38)28(39)32-26-11-25(21(12-29)13-30-26)35-7-5-23(16-35)40-2/h10-11,13,18,23H,3-9,14-16H2,1-2H3,(H,30,32,39)/t23-/m0/s1. The number of nitrogens with zero attached hydrogens (tertiary/aromatic N) is 7. The maximum Gasteiger partial charge on any atom is 0.328 e. The zero-order valence-electron chi connectivity index (χ0n) is 22.7. The first-order valence-corrected chi connectivity index (χ1v) is 13.4. The van der Waals surface area contributed by atoms with Gasteiger partial charge in [-0.15, -0.1) is 0 Å². The van der Waals surface area contributed by atoms with Crippen molar-refractivity contribution < 1.29 is 19.1 Å². The Bertz CT molecular complexity index is 1400. The first-order valence-electron chi connectivity index (χ1n) is 13.4. The Morgan fingerprint density at radius 2 is 2.12 bits per heavy atom. The van der Waals surface area contributed by atoms with Gasteiger partial charge in [-0.1, -0.05) is 0 Å². The number of aryl methyl sites for hydroxylation is 1. The smallest absolute Gasteiger partial charge is 0.328 e. The quantitative estimate of drug-likeness (QED) is 0.424. The Morgan fingerprint density at radius 1 is 1.27 bits per heavy atom. The second kappa shape index (κ2) is 11.8.